The van der Waals surface area contributed by atoms with Gasteiger partial charge in [-0.05, 0) is 13.0 Å². The first-order valence-corrected chi connectivity index (χ1v) is 3.91. The van der Waals surface area contributed by atoms with Crippen LogP contribution >= 0.6 is 0 Å². The first kappa shape index (κ1) is 11.9. The van der Waals surface area contributed by atoms with E-state index in [2.05, 4.69) is 0 Å². The van der Waals surface area contributed by atoms with Gasteiger partial charge in [-0.2, -0.15) is 13.2 Å². The minimum absolute atomic E-state index is 0.366. The van der Waals surface area contributed by atoms with E-state index in [0.29, 0.717) is 19.1 Å². The van der Waals surface area contributed by atoms with Gasteiger partial charge in [0, 0.05) is 5.56 Å². The third-order valence-electron chi connectivity index (χ3n) is 2.03. The van der Waals surface area contributed by atoms with Crippen molar-refractivity contribution in [2.45, 2.75) is 18.7 Å². The van der Waals surface area contributed by atoms with Gasteiger partial charge >= 0.3 is 6.18 Å². The van der Waals surface area contributed by atoms with Crippen LogP contribution in [0.5, 0.6) is 0 Å². The third kappa shape index (κ3) is 1.94. The lowest BCUT2D eigenvalue weighted by molar-refractivity contribution is -0.259. The Morgan fingerprint density at radius 2 is 1.67 bits per heavy atom. The highest BCUT2D eigenvalue weighted by molar-refractivity contribution is 5.26. The van der Waals surface area contributed by atoms with E-state index in [1.807, 2.05) is 0 Å². The fraction of sp³-hybridized carbons (Fsp3) is 0.333. The zero-order chi connectivity index (χ0) is 11.9. The normalized spacial score (nSPS) is 16.2. The summed E-state index contributed by atoms with van der Waals surface area (Å²) in [4.78, 5) is 0. The predicted molar refractivity (Wildman–Crippen MR) is 42.0 cm³/mol. The molecule has 6 heteroatoms. The first-order valence-electron chi connectivity index (χ1n) is 3.91. The molecule has 1 nitrogen and oxygen atoms in total. The van der Waals surface area contributed by atoms with Crippen molar-refractivity contribution >= 4 is 0 Å². The largest absolute Gasteiger partial charge is 0.421 e. The predicted octanol–water partition coefficient (Wildman–Crippen LogP) is 2.73. The molecule has 0 aliphatic carbocycles. The van der Waals surface area contributed by atoms with Gasteiger partial charge in [0.15, 0.2) is 17.2 Å². The van der Waals surface area contributed by atoms with Gasteiger partial charge in [0.1, 0.15) is 0 Å². The van der Waals surface area contributed by atoms with Gasteiger partial charge in [-0.15, -0.1) is 0 Å². The van der Waals surface area contributed by atoms with Crippen LogP contribution < -0.4 is 0 Å². The SMILES string of the molecule is CC(O)(c1cccc(F)c1F)C(F)(F)F. The zero-order valence-electron chi connectivity index (χ0n) is 7.57. The number of rotatable bonds is 1. The fourth-order valence-electron chi connectivity index (χ4n) is 1.03. The Balaban J connectivity index is 3.34. The molecule has 0 aliphatic rings. The number of alkyl halides is 3. The standard InChI is InChI=1S/C9H7F5O/c1-8(15,9(12,13)14)5-3-2-4-6(10)7(5)11/h2-4,15H,1H3. The number of aliphatic hydroxyl groups is 1. The van der Waals surface area contributed by atoms with Crippen molar-refractivity contribution in [2.75, 3.05) is 0 Å². The van der Waals surface area contributed by atoms with Crippen molar-refractivity contribution in [3.63, 3.8) is 0 Å². The molecule has 0 amide bonds. The van der Waals surface area contributed by atoms with Crippen molar-refractivity contribution in [2.24, 2.45) is 0 Å². The zero-order valence-corrected chi connectivity index (χ0v) is 7.57. The highest BCUT2D eigenvalue weighted by Crippen LogP contribution is 2.39. The van der Waals surface area contributed by atoms with Gasteiger partial charge in [-0.1, -0.05) is 12.1 Å². The second-order valence-electron chi connectivity index (χ2n) is 3.17. The second-order valence-corrected chi connectivity index (χ2v) is 3.17. The van der Waals surface area contributed by atoms with Crippen molar-refractivity contribution in [3.05, 3.63) is 35.4 Å². The summed E-state index contributed by atoms with van der Waals surface area (Å²) in [5, 5.41) is 9.10. The number of halogens is 5. The van der Waals surface area contributed by atoms with E-state index in [-0.39, 0.29) is 0 Å². The molecular weight excluding hydrogens is 219 g/mol. The van der Waals surface area contributed by atoms with Crippen LogP contribution in [0.1, 0.15) is 12.5 Å². The maximum Gasteiger partial charge on any atom is 0.421 e. The average Bonchev–Trinajstić information content (AvgIpc) is 2.07. The summed E-state index contributed by atoms with van der Waals surface area (Å²) in [6.45, 7) is 0.366. The van der Waals surface area contributed by atoms with Gasteiger partial charge in [-0.25, -0.2) is 8.78 Å². The molecule has 84 valence electrons. The quantitative estimate of drug-likeness (QED) is 0.730. The maximum absolute atomic E-state index is 13.0. The van der Waals surface area contributed by atoms with E-state index in [4.69, 9.17) is 5.11 Å². The van der Waals surface area contributed by atoms with Crippen LogP contribution in [0.15, 0.2) is 18.2 Å². The Labute approximate surface area is 82.1 Å². The molecule has 0 spiro atoms. The second kappa shape index (κ2) is 3.44. The van der Waals surface area contributed by atoms with E-state index < -0.39 is 29.0 Å². The highest BCUT2D eigenvalue weighted by atomic mass is 19.4. The number of hydrogen-bond donors (Lipinski definition) is 1. The molecule has 0 saturated carbocycles. The van der Waals surface area contributed by atoms with E-state index >= 15 is 0 Å². The van der Waals surface area contributed by atoms with Crippen LogP contribution in [0, 0.1) is 11.6 Å². The van der Waals surface area contributed by atoms with E-state index in [9.17, 15) is 22.0 Å². The lowest BCUT2D eigenvalue weighted by Gasteiger charge is -2.26. The van der Waals surface area contributed by atoms with Crippen molar-refractivity contribution < 1.29 is 27.1 Å². The summed E-state index contributed by atoms with van der Waals surface area (Å²) in [5.41, 5.74) is -4.53. The molecule has 0 aromatic heterocycles. The van der Waals surface area contributed by atoms with Crippen LogP contribution in [-0.2, 0) is 5.60 Å². The summed E-state index contributed by atoms with van der Waals surface area (Å²) in [6.07, 6.45) is -5.07. The average molecular weight is 226 g/mol. The summed E-state index contributed by atoms with van der Waals surface area (Å²) in [6, 6.07) is 2.26. The Hall–Kier alpha value is -1.17. The summed E-state index contributed by atoms with van der Waals surface area (Å²) in [7, 11) is 0. The number of hydrogen-bond acceptors (Lipinski definition) is 1. The molecule has 1 aromatic carbocycles. The van der Waals surface area contributed by atoms with Crippen molar-refractivity contribution in [1.82, 2.24) is 0 Å². The minimum atomic E-state index is -5.07. The van der Waals surface area contributed by atoms with Crippen molar-refractivity contribution in [3.8, 4) is 0 Å². The lowest BCUT2D eigenvalue weighted by Crippen LogP contribution is -2.40. The Morgan fingerprint density at radius 3 is 2.13 bits per heavy atom. The summed E-state index contributed by atoms with van der Waals surface area (Å²) in [5.74, 6) is -3.13. The first-order chi connectivity index (χ1) is 6.68. The fourth-order valence-corrected chi connectivity index (χ4v) is 1.03. The number of benzene rings is 1. The molecule has 0 saturated heterocycles. The minimum Gasteiger partial charge on any atom is -0.376 e. The molecule has 15 heavy (non-hydrogen) atoms. The Morgan fingerprint density at radius 1 is 1.13 bits per heavy atom. The van der Waals surface area contributed by atoms with E-state index in [1.54, 1.807) is 0 Å². The van der Waals surface area contributed by atoms with Gasteiger partial charge in [0.2, 0.25) is 0 Å². The molecule has 1 aromatic rings. The lowest BCUT2D eigenvalue weighted by atomic mass is 9.95. The molecule has 1 N–H and O–H groups in total. The van der Waals surface area contributed by atoms with E-state index in [1.165, 1.54) is 0 Å². The molecule has 0 heterocycles. The third-order valence-corrected chi connectivity index (χ3v) is 2.03. The molecular formula is C9H7F5O. The molecule has 1 unspecified atom stereocenters. The topological polar surface area (TPSA) is 20.2 Å². The van der Waals surface area contributed by atoms with Crippen LogP contribution in [0.3, 0.4) is 0 Å². The summed E-state index contributed by atoms with van der Waals surface area (Å²) < 4.78 is 62.5. The van der Waals surface area contributed by atoms with Gasteiger partial charge in [0.25, 0.3) is 0 Å². The molecule has 1 atom stereocenters. The highest BCUT2D eigenvalue weighted by Gasteiger charge is 2.52. The maximum atomic E-state index is 13.0. The Kier molecular flexibility index (Phi) is 2.73. The summed E-state index contributed by atoms with van der Waals surface area (Å²) >= 11 is 0. The van der Waals surface area contributed by atoms with Gasteiger partial charge in [-0.3, -0.25) is 0 Å². The smallest absolute Gasteiger partial charge is 0.376 e. The monoisotopic (exact) mass is 226 g/mol. The molecule has 0 radical (unpaired) electrons. The van der Waals surface area contributed by atoms with Crippen LogP contribution in [-0.4, -0.2) is 11.3 Å². The van der Waals surface area contributed by atoms with Crippen LogP contribution in [0.4, 0.5) is 22.0 Å². The molecule has 0 fully saturated rings. The van der Waals surface area contributed by atoms with Gasteiger partial charge in [0.05, 0.1) is 0 Å². The van der Waals surface area contributed by atoms with Crippen LogP contribution in [0.25, 0.3) is 0 Å². The van der Waals surface area contributed by atoms with Crippen LogP contribution in [0.2, 0.25) is 0 Å². The molecule has 0 bridgehead atoms. The molecule has 0 aliphatic heterocycles. The van der Waals surface area contributed by atoms with Crippen molar-refractivity contribution in [1.29, 1.82) is 0 Å². The molecule has 1 rings (SSSR count). The van der Waals surface area contributed by atoms with Gasteiger partial charge < -0.3 is 5.11 Å². The van der Waals surface area contributed by atoms with E-state index in [0.717, 1.165) is 6.07 Å². The Bertz CT molecular complexity index is 369.